The van der Waals surface area contributed by atoms with Crippen LogP contribution in [-0.4, -0.2) is 25.3 Å². The summed E-state index contributed by atoms with van der Waals surface area (Å²) in [4.78, 5) is 12.8. The Morgan fingerprint density at radius 1 is 1.30 bits per heavy atom. The molecule has 0 saturated carbocycles. The van der Waals surface area contributed by atoms with Crippen LogP contribution < -0.4 is 14.9 Å². The normalized spacial score (nSPS) is 11.2. The molecule has 2 rings (SSSR count). The summed E-state index contributed by atoms with van der Waals surface area (Å²) in [5.41, 5.74) is 3.21. The van der Waals surface area contributed by atoms with Crippen LogP contribution in [0.15, 0.2) is 43.7 Å². The zero-order valence-corrected chi connectivity index (χ0v) is 16.4. The maximum absolute atomic E-state index is 11.8. The molecule has 0 aliphatic heterocycles. The summed E-state index contributed by atoms with van der Waals surface area (Å²) in [6, 6.07) is 9.13. The van der Waals surface area contributed by atoms with E-state index in [1.54, 1.807) is 36.6 Å². The maximum Gasteiger partial charge on any atom is 0.277 e. The Bertz CT molecular complexity index is 731. The van der Waals surface area contributed by atoms with E-state index in [2.05, 4.69) is 42.4 Å². The van der Waals surface area contributed by atoms with Gasteiger partial charge in [-0.15, -0.1) is 11.3 Å². The van der Waals surface area contributed by atoms with Gasteiger partial charge in [-0.2, -0.15) is 5.10 Å². The molecule has 1 aromatic carbocycles. The number of nitrogens with one attached hydrogen (secondary N) is 1. The SMILES string of the molecule is COc1ccc(OCC(=O)N/N=C(\C)c2ccc(Br)s2)c(Br)c1. The standard InChI is InChI=1S/C15H14Br2N2O3S/c1-9(13-5-6-14(17)23-13)18-19-15(20)8-22-12-4-3-10(21-2)7-11(12)16/h3-7H,8H2,1-2H3,(H,19,20)/b18-9+. The molecule has 1 N–H and O–H groups in total. The van der Waals surface area contributed by atoms with Crippen LogP contribution in [0.1, 0.15) is 11.8 Å². The van der Waals surface area contributed by atoms with Crippen molar-refractivity contribution < 1.29 is 14.3 Å². The van der Waals surface area contributed by atoms with Crippen LogP contribution in [0.4, 0.5) is 0 Å². The number of hydrogen-bond donors (Lipinski definition) is 1. The molecule has 0 spiro atoms. The lowest BCUT2D eigenvalue weighted by Crippen LogP contribution is -2.25. The summed E-state index contributed by atoms with van der Waals surface area (Å²) in [5, 5.41) is 4.06. The molecular formula is C15H14Br2N2O3S. The van der Waals surface area contributed by atoms with E-state index in [0.717, 1.165) is 14.4 Å². The Balaban J connectivity index is 1.88. The van der Waals surface area contributed by atoms with Crippen LogP contribution >= 0.6 is 43.2 Å². The topological polar surface area (TPSA) is 59.9 Å². The zero-order valence-electron chi connectivity index (χ0n) is 12.4. The Labute approximate surface area is 154 Å². The molecular weight excluding hydrogens is 448 g/mol. The Morgan fingerprint density at radius 2 is 2.09 bits per heavy atom. The van der Waals surface area contributed by atoms with E-state index in [9.17, 15) is 4.79 Å². The van der Waals surface area contributed by atoms with Crippen molar-refractivity contribution in [1.29, 1.82) is 0 Å². The maximum atomic E-state index is 11.8. The van der Waals surface area contributed by atoms with Crippen LogP contribution in [-0.2, 0) is 4.79 Å². The molecule has 8 heteroatoms. The van der Waals surface area contributed by atoms with Gasteiger partial charge >= 0.3 is 0 Å². The first-order valence-corrected chi connectivity index (χ1v) is 8.95. The number of methoxy groups -OCH3 is 1. The van der Waals surface area contributed by atoms with E-state index in [1.807, 2.05) is 19.1 Å². The average molecular weight is 462 g/mol. The predicted molar refractivity (Wildman–Crippen MR) is 98.6 cm³/mol. The highest BCUT2D eigenvalue weighted by Gasteiger charge is 2.07. The molecule has 1 aromatic heterocycles. The molecule has 0 fully saturated rings. The number of rotatable bonds is 6. The van der Waals surface area contributed by atoms with Gasteiger partial charge in [-0.1, -0.05) is 0 Å². The number of halogens is 2. The van der Waals surface area contributed by atoms with Crippen molar-refractivity contribution in [3.63, 3.8) is 0 Å². The monoisotopic (exact) mass is 460 g/mol. The van der Waals surface area contributed by atoms with E-state index in [0.29, 0.717) is 16.0 Å². The first-order chi connectivity index (χ1) is 11.0. The van der Waals surface area contributed by atoms with Gasteiger partial charge in [-0.25, -0.2) is 5.43 Å². The van der Waals surface area contributed by atoms with Gasteiger partial charge in [0.05, 0.1) is 26.0 Å². The molecule has 0 atom stereocenters. The molecule has 2 aromatic rings. The van der Waals surface area contributed by atoms with Gasteiger partial charge in [0.2, 0.25) is 0 Å². The van der Waals surface area contributed by atoms with Gasteiger partial charge < -0.3 is 9.47 Å². The van der Waals surface area contributed by atoms with Gasteiger partial charge in [-0.05, 0) is 69.1 Å². The number of hydrazone groups is 1. The number of hydrogen-bond acceptors (Lipinski definition) is 5. The number of carbonyl (C=O) groups excluding carboxylic acids is 1. The highest BCUT2D eigenvalue weighted by Crippen LogP contribution is 2.29. The number of thiophene rings is 1. The molecule has 5 nitrogen and oxygen atoms in total. The summed E-state index contributed by atoms with van der Waals surface area (Å²) in [6.45, 7) is 1.70. The van der Waals surface area contributed by atoms with Crippen LogP contribution in [0.5, 0.6) is 11.5 Å². The zero-order chi connectivity index (χ0) is 16.8. The molecule has 0 radical (unpaired) electrons. The highest BCUT2D eigenvalue weighted by atomic mass is 79.9. The summed E-state index contributed by atoms with van der Waals surface area (Å²) in [6.07, 6.45) is 0. The van der Waals surface area contributed by atoms with Crippen molar-refractivity contribution in [1.82, 2.24) is 5.43 Å². The number of ether oxygens (including phenoxy) is 2. The number of amides is 1. The van der Waals surface area contributed by atoms with Gasteiger partial charge in [-0.3, -0.25) is 4.79 Å². The molecule has 0 saturated heterocycles. The van der Waals surface area contributed by atoms with Crippen molar-refractivity contribution in [2.24, 2.45) is 5.10 Å². The minimum atomic E-state index is -0.331. The highest BCUT2D eigenvalue weighted by molar-refractivity contribution is 9.11. The molecule has 0 bridgehead atoms. The Kier molecular flexibility index (Phi) is 6.61. The van der Waals surface area contributed by atoms with Crippen molar-refractivity contribution >= 4 is 54.8 Å². The fourth-order valence-corrected chi connectivity index (χ4v) is 3.41. The van der Waals surface area contributed by atoms with E-state index < -0.39 is 0 Å². The Morgan fingerprint density at radius 3 is 2.70 bits per heavy atom. The van der Waals surface area contributed by atoms with Crippen LogP contribution in [0, 0.1) is 0 Å². The smallest absolute Gasteiger partial charge is 0.277 e. The second kappa shape index (κ2) is 8.47. The van der Waals surface area contributed by atoms with Crippen molar-refractivity contribution in [3.8, 4) is 11.5 Å². The van der Waals surface area contributed by atoms with Crippen LogP contribution in [0.3, 0.4) is 0 Å². The first-order valence-electron chi connectivity index (χ1n) is 6.54. The fourth-order valence-electron chi connectivity index (χ4n) is 1.61. The molecule has 0 aliphatic carbocycles. The minimum absolute atomic E-state index is 0.129. The third kappa shape index (κ3) is 5.33. The molecule has 23 heavy (non-hydrogen) atoms. The predicted octanol–water partition coefficient (Wildman–Crippen LogP) is 4.20. The van der Waals surface area contributed by atoms with Gasteiger partial charge in [0.1, 0.15) is 11.5 Å². The largest absolute Gasteiger partial charge is 0.497 e. The second-order valence-electron chi connectivity index (χ2n) is 4.42. The van der Waals surface area contributed by atoms with Gasteiger partial charge in [0, 0.05) is 0 Å². The van der Waals surface area contributed by atoms with Crippen molar-refractivity contribution in [2.45, 2.75) is 6.92 Å². The number of nitrogens with zero attached hydrogens (tertiary/aromatic N) is 1. The summed E-state index contributed by atoms with van der Waals surface area (Å²) in [5.74, 6) is 0.933. The van der Waals surface area contributed by atoms with Gasteiger partial charge in [0.25, 0.3) is 5.91 Å². The molecule has 122 valence electrons. The third-order valence-corrected chi connectivity index (χ3v) is 5.13. The van der Waals surface area contributed by atoms with E-state index >= 15 is 0 Å². The first kappa shape index (κ1) is 18.0. The van der Waals surface area contributed by atoms with Crippen molar-refractivity contribution in [3.05, 3.63) is 43.5 Å². The van der Waals surface area contributed by atoms with Crippen molar-refractivity contribution in [2.75, 3.05) is 13.7 Å². The van der Waals surface area contributed by atoms with E-state index in [1.165, 1.54) is 0 Å². The summed E-state index contributed by atoms with van der Waals surface area (Å²) >= 11 is 8.31. The average Bonchev–Trinajstić information content (AvgIpc) is 2.97. The summed E-state index contributed by atoms with van der Waals surface area (Å²) in [7, 11) is 1.59. The molecule has 1 heterocycles. The second-order valence-corrected chi connectivity index (χ2v) is 7.74. The lowest BCUT2D eigenvalue weighted by Gasteiger charge is -2.08. The quantitative estimate of drug-likeness (QED) is 0.518. The minimum Gasteiger partial charge on any atom is -0.497 e. The number of carbonyl (C=O) groups is 1. The third-order valence-electron chi connectivity index (χ3n) is 2.78. The molecule has 0 unspecified atom stereocenters. The lowest BCUT2D eigenvalue weighted by molar-refractivity contribution is -0.123. The van der Waals surface area contributed by atoms with E-state index in [4.69, 9.17) is 9.47 Å². The fraction of sp³-hybridized carbons (Fsp3) is 0.200. The lowest BCUT2D eigenvalue weighted by atomic mass is 10.3. The molecule has 0 aliphatic rings. The van der Waals surface area contributed by atoms with Crippen LogP contribution in [0.25, 0.3) is 0 Å². The van der Waals surface area contributed by atoms with Crippen LogP contribution in [0.2, 0.25) is 0 Å². The number of benzene rings is 1. The molecule has 1 amide bonds. The Hall–Kier alpha value is -1.38. The summed E-state index contributed by atoms with van der Waals surface area (Å²) < 4.78 is 12.3. The van der Waals surface area contributed by atoms with E-state index in [-0.39, 0.29) is 12.5 Å². The van der Waals surface area contributed by atoms with Gasteiger partial charge in [0.15, 0.2) is 6.61 Å².